The van der Waals surface area contributed by atoms with Gasteiger partial charge < -0.3 is 20.1 Å². The monoisotopic (exact) mass is 323 g/mol. The van der Waals surface area contributed by atoms with E-state index < -0.39 is 0 Å². The first kappa shape index (κ1) is 15.7. The molecule has 0 bridgehead atoms. The highest BCUT2D eigenvalue weighted by atomic mass is 16.7. The van der Waals surface area contributed by atoms with Gasteiger partial charge in [-0.15, -0.1) is 0 Å². The van der Waals surface area contributed by atoms with Crippen molar-refractivity contribution in [1.82, 2.24) is 15.5 Å². The van der Waals surface area contributed by atoms with E-state index in [-0.39, 0.29) is 17.9 Å². The van der Waals surface area contributed by atoms with Crippen molar-refractivity contribution in [2.45, 2.75) is 81.8 Å². The molecule has 0 radical (unpaired) electrons. The molecule has 2 aliphatic heterocycles. The van der Waals surface area contributed by atoms with E-state index >= 15 is 0 Å². The lowest BCUT2D eigenvalue weighted by molar-refractivity contribution is -0.179. The lowest BCUT2D eigenvalue weighted by Crippen LogP contribution is -2.50. The average Bonchev–Trinajstić information content (AvgIpc) is 3.17. The number of likely N-dealkylation sites (tertiary alicyclic amines) is 1. The molecule has 130 valence electrons. The van der Waals surface area contributed by atoms with Crippen LogP contribution < -0.4 is 10.6 Å². The van der Waals surface area contributed by atoms with E-state index in [1.807, 2.05) is 0 Å². The molecule has 0 aromatic rings. The first-order valence-corrected chi connectivity index (χ1v) is 9.24. The van der Waals surface area contributed by atoms with E-state index in [2.05, 4.69) is 22.5 Å². The molecule has 6 nitrogen and oxygen atoms in total. The standard InChI is InChI=1S/C17H29N3O3/c1-12-10-14(11-20(12)15-2-3-15)19-16(21)18-13-4-6-17(7-5-13)22-8-9-23-17/h12-15H,2-11H2,1H3,(H2,18,19,21)/t12-,14-/m1/s1. The fourth-order valence-corrected chi connectivity index (χ4v) is 4.48. The van der Waals surface area contributed by atoms with E-state index in [4.69, 9.17) is 9.47 Å². The lowest BCUT2D eigenvalue weighted by atomic mass is 9.90. The summed E-state index contributed by atoms with van der Waals surface area (Å²) in [7, 11) is 0. The maximum Gasteiger partial charge on any atom is 0.315 e. The Kier molecular flexibility index (Phi) is 4.24. The maximum atomic E-state index is 12.3. The Morgan fingerprint density at radius 3 is 2.35 bits per heavy atom. The van der Waals surface area contributed by atoms with Crippen LogP contribution in [0.25, 0.3) is 0 Å². The smallest absolute Gasteiger partial charge is 0.315 e. The molecule has 2 N–H and O–H groups in total. The van der Waals surface area contributed by atoms with Gasteiger partial charge in [0.1, 0.15) is 0 Å². The Balaban J connectivity index is 1.20. The summed E-state index contributed by atoms with van der Waals surface area (Å²) < 4.78 is 11.5. The van der Waals surface area contributed by atoms with E-state index in [1.165, 1.54) is 12.8 Å². The first-order chi connectivity index (χ1) is 11.1. The Hall–Kier alpha value is -0.850. The Labute approximate surface area is 138 Å². The topological polar surface area (TPSA) is 62.8 Å². The molecule has 6 heteroatoms. The predicted molar refractivity (Wildman–Crippen MR) is 86.2 cm³/mol. The van der Waals surface area contributed by atoms with E-state index in [0.717, 1.165) is 44.7 Å². The molecule has 4 aliphatic rings. The molecule has 1 spiro atoms. The van der Waals surface area contributed by atoms with Crippen molar-refractivity contribution in [2.24, 2.45) is 0 Å². The van der Waals surface area contributed by atoms with Crippen LogP contribution in [-0.4, -0.2) is 60.6 Å². The van der Waals surface area contributed by atoms with E-state index in [1.54, 1.807) is 0 Å². The zero-order valence-electron chi connectivity index (χ0n) is 14.1. The van der Waals surface area contributed by atoms with Crippen LogP contribution in [0.3, 0.4) is 0 Å². The fourth-order valence-electron chi connectivity index (χ4n) is 4.48. The highest BCUT2D eigenvalue weighted by molar-refractivity contribution is 5.74. The van der Waals surface area contributed by atoms with Crippen LogP contribution >= 0.6 is 0 Å². The Morgan fingerprint density at radius 1 is 1.04 bits per heavy atom. The van der Waals surface area contributed by atoms with Crippen LogP contribution in [0, 0.1) is 0 Å². The van der Waals surface area contributed by atoms with Gasteiger partial charge in [-0.3, -0.25) is 4.90 Å². The number of rotatable bonds is 3. The minimum absolute atomic E-state index is 0.00550. The van der Waals surface area contributed by atoms with Gasteiger partial charge in [0.15, 0.2) is 5.79 Å². The number of ether oxygens (including phenoxy) is 2. The SMILES string of the molecule is C[C@@H]1C[C@@H](NC(=O)NC2CCC3(CC2)OCCO3)CN1C1CC1. The van der Waals surface area contributed by atoms with Crippen LogP contribution in [0.5, 0.6) is 0 Å². The second-order valence-corrected chi connectivity index (χ2v) is 7.71. The lowest BCUT2D eigenvalue weighted by Gasteiger charge is -2.35. The van der Waals surface area contributed by atoms with Gasteiger partial charge in [-0.25, -0.2) is 4.79 Å². The minimum Gasteiger partial charge on any atom is -0.348 e. The minimum atomic E-state index is -0.347. The number of hydrogen-bond donors (Lipinski definition) is 2. The van der Waals surface area contributed by atoms with Crippen molar-refractivity contribution < 1.29 is 14.3 Å². The molecular weight excluding hydrogens is 294 g/mol. The van der Waals surface area contributed by atoms with Crippen LogP contribution in [0.2, 0.25) is 0 Å². The molecule has 2 aliphatic carbocycles. The normalized spacial score (nSPS) is 34.8. The van der Waals surface area contributed by atoms with Gasteiger partial charge in [-0.1, -0.05) is 0 Å². The number of hydrogen-bond acceptors (Lipinski definition) is 4. The van der Waals surface area contributed by atoms with Gasteiger partial charge >= 0.3 is 6.03 Å². The summed E-state index contributed by atoms with van der Waals surface area (Å²) >= 11 is 0. The molecule has 0 unspecified atom stereocenters. The maximum absolute atomic E-state index is 12.3. The Bertz CT molecular complexity index is 438. The average molecular weight is 323 g/mol. The summed E-state index contributed by atoms with van der Waals surface area (Å²) in [6.07, 6.45) is 7.36. The van der Waals surface area contributed by atoms with Crippen molar-refractivity contribution >= 4 is 6.03 Å². The zero-order valence-corrected chi connectivity index (χ0v) is 14.1. The van der Waals surface area contributed by atoms with Crippen molar-refractivity contribution in [3.05, 3.63) is 0 Å². The number of nitrogens with one attached hydrogen (secondary N) is 2. The summed E-state index contributed by atoms with van der Waals surface area (Å²) in [6.45, 7) is 4.70. The van der Waals surface area contributed by atoms with Crippen LogP contribution in [-0.2, 0) is 9.47 Å². The predicted octanol–water partition coefficient (Wildman–Crippen LogP) is 1.60. The van der Waals surface area contributed by atoms with Gasteiger partial charge in [0.2, 0.25) is 0 Å². The molecule has 4 fully saturated rings. The van der Waals surface area contributed by atoms with Gasteiger partial charge in [0.25, 0.3) is 0 Å². The van der Waals surface area contributed by atoms with Crippen molar-refractivity contribution in [2.75, 3.05) is 19.8 Å². The van der Waals surface area contributed by atoms with Crippen LogP contribution in [0.4, 0.5) is 4.79 Å². The van der Waals surface area contributed by atoms with Crippen LogP contribution in [0.15, 0.2) is 0 Å². The second-order valence-electron chi connectivity index (χ2n) is 7.71. The number of nitrogens with zero attached hydrogens (tertiary/aromatic N) is 1. The first-order valence-electron chi connectivity index (χ1n) is 9.24. The third-order valence-electron chi connectivity index (χ3n) is 5.87. The van der Waals surface area contributed by atoms with E-state index in [0.29, 0.717) is 25.3 Å². The van der Waals surface area contributed by atoms with Gasteiger partial charge in [0, 0.05) is 43.6 Å². The van der Waals surface area contributed by atoms with Gasteiger partial charge in [-0.2, -0.15) is 0 Å². The number of carbonyl (C=O) groups is 1. The van der Waals surface area contributed by atoms with E-state index in [9.17, 15) is 4.79 Å². The Morgan fingerprint density at radius 2 is 1.70 bits per heavy atom. The van der Waals surface area contributed by atoms with Crippen molar-refractivity contribution in [1.29, 1.82) is 0 Å². The molecule has 0 aromatic carbocycles. The van der Waals surface area contributed by atoms with Crippen LogP contribution in [0.1, 0.15) is 51.9 Å². The molecule has 0 aromatic heterocycles. The molecule has 2 amide bonds. The summed E-state index contributed by atoms with van der Waals surface area (Å²) in [5.74, 6) is -0.347. The molecular formula is C17H29N3O3. The third kappa shape index (κ3) is 3.49. The summed E-state index contributed by atoms with van der Waals surface area (Å²) in [5, 5.41) is 6.32. The summed E-state index contributed by atoms with van der Waals surface area (Å²) in [5.41, 5.74) is 0. The summed E-state index contributed by atoms with van der Waals surface area (Å²) in [4.78, 5) is 14.8. The molecule has 23 heavy (non-hydrogen) atoms. The zero-order chi connectivity index (χ0) is 15.9. The highest BCUT2D eigenvalue weighted by Gasteiger charge is 2.41. The third-order valence-corrected chi connectivity index (χ3v) is 5.87. The van der Waals surface area contributed by atoms with Crippen molar-refractivity contribution in [3.63, 3.8) is 0 Å². The van der Waals surface area contributed by atoms with Gasteiger partial charge in [-0.05, 0) is 39.0 Å². The number of urea groups is 1. The van der Waals surface area contributed by atoms with Crippen molar-refractivity contribution in [3.8, 4) is 0 Å². The second kappa shape index (κ2) is 6.22. The quantitative estimate of drug-likeness (QED) is 0.828. The number of amides is 2. The summed E-state index contributed by atoms with van der Waals surface area (Å²) in [6, 6.07) is 1.91. The molecule has 2 atom stereocenters. The molecule has 2 saturated carbocycles. The fraction of sp³-hybridized carbons (Fsp3) is 0.941. The molecule has 4 rings (SSSR count). The van der Waals surface area contributed by atoms with Gasteiger partial charge in [0.05, 0.1) is 13.2 Å². The molecule has 2 saturated heterocycles. The highest BCUT2D eigenvalue weighted by Crippen LogP contribution is 2.36. The molecule has 2 heterocycles. The largest absolute Gasteiger partial charge is 0.348 e. The number of carbonyl (C=O) groups excluding carboxylic acids is 1.